The van der Waals surface area contributed by atoms with Gasteiger partial charge < -0.3 is 14.8 Å². The minimum Gasteiger partial charge on any atom is -0.497 e. The molecule has 0 unspecified atom stereocenters. The first-order valence-electron chi connectivity index (χ1n) is 9.44. The standard InChI is InChI=1S/C21H20N6O4/c1-30-16-7-3-14(4-8-16)11-22-18(28)12-26-13-23-20-19(21(26)29)24-25-27(20)15-5-9-17(31-2)10-6-15/h3-10,13H,11-12H2,1-2H3,(H,22,28). The highest BCUT2D eigenvalue weighted by atomic mass is 16.5. The maximum atomic E-state index is 12.7. The highest BCUT2D eigenvalue weighted by Gasteiger charge is 2.15. The first kappa shape index (κ1) is 20.1. The number of fused-ring (bicyclic) bond motifs is 1. The average Bonchev–Trinajstić information content (AvgIpc) is 3.25. The van der Waals surface area contributed by atoms with Crippen LogP contribution in [0.15, 0.2) is 59.7 Å². The highest BCUT2D eigenvalue weighted by Crippen LogP contribution is 2.16. The topological polar surface area (TPSA) is 113 Å². The Kier molecular flexibility index (Phi) is 5.61. The molecule has 1 amide bonds. The molecular weight excluding hydrogens is 400 g/mol. The first-order valence-corrected chi connectivity index (χ1v) is 9.44. The molecule has 0 bridgehead atoms. The normalized spacial score (nSPS) is 10.8. The number of hydrogen-bond donors (Lipinski definition) is 1. The third-order valence-corrected chi connectivity index (χ3v) is 4.71. The number of nitrogens with zero attached hydrogens (tertiary/aromatic N) is 5. The number of nitrogens with one attached hydrogen (secondary N) is 1. The van der Waals surface area contributed by atoms with Gasteiger partial charge in [0.2, 0.25) is 5.91 Å². The lowest BCUT2D eigenvalue weighted by molar-refractivity contribution is -0.121. The Labute approximate surface area is 177 Å². The molecule has 158 valence electrons. The molecule has 0 radical (unpaired) electrons. The van der Waals surface area contributed by atoms with E-state index in [-0.39, 0.29) is 18.0 Å². The van der Waals surface area contributed by atoms with Gasteiger partial charge in [-0.3, -0.25) is 14.2 Å². The Morgan fingerprint density at radius 1 is 1.00 bits per heavy atom. The number of hydrogen-bond acceptors (Lipinski definition) is 7. The van der Waals surface area contributed by atoms with Gasteiger partial charge in [-0.2, -0.15) is 4.68 Å². The summed E-state index contributed by atoms with van der Waals surface area (Å²) in [7, 11) is 3.17. The summed E-state index contributed by atoms with van der Waals surface area (Å²) in [5.41, 5.74) is 1.55. The second-order valence-electron chi connectivity index (χ2n) is 6.67. The fourth-order valence-corrected chi connectivity index (χ4v) is 3.01. The highest BCUT2D eigenvalue weighted by molar-refractivity contribution is 5.76. The lowest BCUT2D eigenvalue weighted by Gasteiger charge is -2.08. The molecule has 2 aromatic heterocycles. The minimum atomic E-state index is -0.440. The Bertz CT molecular complexity index is 1260. The van der Waals surface area contributed by atoms with Crippen LogP contribution in [-0.4, -0.2) is 44.7 Å². The molecule has 2 heterocycles. The van der Waals surface area contributed by atoms with Crippen LogP contribution in [0.4, 0.5) is 0 Å². The summed E-state index contributed by atoms with van der Waals surface area (Å²) in [6.07, 6.45) is 1.32. The summed E-state index contributed by atoms with van der Waals surface area (Å²) in [4.78, 5) is 29.3. The Balaban J connectivity index is 1.48. The lowest BCUT2D eigenvalue weighted by atomic mass is 10.2. The van der Waals surface area contributed by atoms with E-state index in [1.807, 2.05) is 24.3 Å². The third kappa shape index (κ3) is 4.22. The van der Waals surface area contributed by atoms with E-state index in [1.54, 1.807) is 38.5 Å². The number of ether oxygens (including phenoxy) is 2. The van der Waals surface area contributed by atoms with Gasteiger partial charge >= 0.3 is 0 Å². The van der Waals surface area contributed by atoms with Gasteiger partial charge in [-0.25, -0.2) is 4.98 Å². The van der Waals surface area contributed by atoms with Crippen LogP contribution in [0.3, 0.4) is 0 Å². The van der Waals surface area contributed by atoms with E-state index < -0.39 is 5.56 Å². The summed E-state index contributed by atoms with van der Waals surface area (Å²) in [5, 5.41) is 10.8. The van der Waals surface area contributed by atoms with E-state index in [4.69, 9.17) is 9.47 Å². The van der Waals surface area contributed by atoms with E-state index in [0.717, 1.165) is 11.3 Å². The minimum absolute atomic E-state index is 0.0845. The molecule has 1 N–H and O–H groups in total. The monoisotopic (exact) mass is 420 g/mol. The van der Waals surface area contributed by atoms with Crippen LogP contribution in [0.25, 0.3) is 16.9 Å². The third-order valence-electron chi connectivity index (χ3n) is 4.71. The van der Waals surface area contributed by atoms with Crippen LogP contribution in [0.1, 0.15) is 5.56 Å². The molecule has 4 rings (SSSR count). The molecule has 0 spiro atoms. The molecule has 10 heteroatoms. The smallest absolute Gasteiger partial charge is 0.284 e. The summed E-state index contributed by atoms with van der Waals surface area (Å²) in [6.45, 7) is 0.161. The molecule has 0 saturated heterocycles. The van der Waals surface area contributed by atoms with Crippen LogP contribution in [0.5, 0.6) is 11.5 Å². The molecule has 0 fully saturated rings. The number of carbonyl (C=O) groups is 1. The Hall–Kier alpha value is -4.21. The van der Waals surface area contributed by atoms with Crippen molar-refractivity contribution >= 4 is 17.1 Å². The summed E-state index contributed by atoms with van der Waals surface area (Å²) >= 11 is 0. The van der Waals surface area contributed by atoms with Crippen LogP contribution >= 0.6 is 0 Å². The molecule has 0 saturated carbocycles. The van der Waals surface area contributed by atoms with E-state index in [0.29, 0.717) is 23.6 Å². The fraction of sp³-hybridized carbons (Fsp3) is 0.190. The van der Waals surface area contributed by atoms with Crippen LogP contribution in [-0.2, 0) is 17.9 Å². The molecule has 10 nitrogen and oxygen atoms in total. The predicted molar refractivity (Wildman–Crippen MR) is 112 cm³/mol. The maximum Gasteiger partial charge on any atom is 0.284 e. The van der Waals surface area contributed by atoms with E-state index in [1.165, 1.54) is 15.6 Å². The summed E-state index contributed by atoms with van der Waals surface area (Å²) in [5.74, 6) is 1.12. The van der Waals surface area contributed by atoms with Gasteiger partial charge in [-0.1, -0.05) is 17.3 Å². The van der Waals surface area contributed by atoms with Crippen LogP contribution in [0.2, 0.25) is 0 Å². The molecule has 2 aromatic carbocycles. The zero-order chi connectivity index (χ0) is 21.8. The molecule has 0 atom stereocenters. The van der Waals surface area contributed by atoms with E-state index >= 15 is 0 Å². The molecule has 31 heavy (non-hydrogen) atoms. The number of methoxy groups -OCH3 is 2. The van der Waals surface area contributed by atoms with E-state index in [9.17, 15) is 9.59 Å². The van der Waals surface area contributed by atoms with Gasteiger partial charge in [-0.05, 0) is 42.0 Å². The number of amides is 1. The second kappa shape index (κ2) is 8.66. The second-order valence-corrected chi connectivity index (χ2v) is 6.67. The van der Waals surface area contributed by atoms with Crippen molar-refractivity contribution in [3.8, 4) is 17.2 Å². The van der Waals surface area contributed by atoms with Crippen molar-refractivity contribution in [2.75, 3.05) is 14.2 Å². The van der Waals surface area contributed by atoms with Crippen LogP contribution in [0, 0.1) is 0 Å². The van der Waals surface area contributed by atoms with Gasteiger partial charge in [0.05, 0.1) is 19.9 Å². The Morgan fingerprint density at radius 3 is 2.29 bits per heavy atom. The number of rotatable bonds is 7. The number of carbonyl (C=O) groups excluding carboxylic acids is 1. The van der Waals surface area contributed by atoms with Crippen molar-refractivity contribution < 1.29 is 14.3 Å². The van der Waals surface area contributed by atoms with Crippen molar-refractivity contribution in [1.82, 2.24) is 29.9 Å². The lowest BCUT2D eigenvalue weighted by Crippen LogP contribution is -2.32. The zero-order valence-corrected chi connectivity index (χ0v) is 17.0. The molecule has 0 aliphatic heterocycles. The summed E-state index contributed by atoms with van der Waals surface area (Å²) < 4.78 is 12.9. The largest absolute Gasteiger partial charge is 0.497 e. The maximum absolute atomic E-state index is 12.7. The molecule has 0 aliphatic carbocycles. The van der Waals surface area contributed by atoms with Gasteiger partial charge in [-0.15, -0.1) is 5.10 Å². The van der Waals surface area contributed by atoms with E-state index in [2.05, 4.69) is 20.6 Å². The van der Waals surface area contributed by atoms with Gasteiger partial charge in [0, 0.05) is 6.54 Å². The van der Waals surface area contributed by atoms with Crippen molar-refractivity contribution in [3.05, 3.63) is 70.8 Å². The molecular formula is C21H20N6O4. The summed E-state index contributed by atoms with van der Waals surface area (Å²) in [6, 6.07) is 14.5. The van der Waals surface area contributed by atoms with Crippen LogP contribution < -0.4 is 20.3 Å². The Morgan fingerprint density at radius 2 is 1.65 bits per heavy atom. The van der Waals surface area contributed by atoms with Crippen molar-refractivity contribution in [3.63, 3.8) is 0 Å². The van der Waals surface area contributed by atoms with Crippen molar-refractivity contribution in [1.29, 1.82) is 0 Å². The average molecular weight is 420 g/mol. The van der Waals surface area contributed by atoms with Crippen molar-refractivity contribution in [2.45, 2.75) is 13.1 Å². The number of aromatic nitrogens is 5. The van der Waals surface area contributed by atoms with Gasteiger partial charge in [0.1, 0.15) is 24.4 Å². The fourth-order valence-electron chi connectivity index (χ4n) is 3.01. The molecule has 4 aromatic rings. The van der Waals surface area contributed by atoms with Gasteiger partial charge in [0.15, 0.2) is 11.2 Å². The predicted octanol–water partition coefficient (Wildman–Crippen LogP) is 1.31. The SMILES string of the molecule is COc1ccc(CNC(=O)Cn2cnc3c(nnn3-c3ccc(OC)cc3)c2=O)cc1. The van der Waals surface area contributed by atoms with Gasteiger partial charge in [0.25, 0.3) is 5.56 Å². The molecule has 0 aliphatic rings. The quantitative estimate of drug-likeness (QED) is 0.480. The number of benzene rings is 2. The van der Waals surface area contributed by atoms with Crippen molar-refractivity contribution in [2.24, 2.45) is 0 Å². The zero-order valence-electron chi connectivity index (χ0n) is 17.0. The first-order chi connectivity index (χ1) is 15.1.